The second-order valence-corrected chi connectivity index (χ2v) is 3.69. The molecule has 1 aliphatic rings. The number of H-pyrrole nitrogens is 1. The van der Waals surface area contributed by atoms with Gasteiger partial charge in [-0.05, 0) is 19.8 Å². The second-order valence-electron chi connectivity index (χ2n) is 3.69. The lowest BCUT2D eigenvalue weighted by atomic mass is 10.2. The molecule has 2 rings (SSSR count). The highest BCUT2D eigenvalue weighted by molar-refractivity contribution is 5.86. The van der Waals surface area contributed by atoms with E-state index in [2.05, 4.69) is 14.7 Å². The molecule has 0 radical (unpaired) electrons. The molecular weight excluding hydrogens is 196 g/mol. The van der Waals surface area contributed by atoms with Crippen LogP contribution in [0.3, 0.4) is 0 Å². The monoisotopic (exact) mass is 210 g/mol. The highest BCUT2D eigenvalue weighted by Gasteiger charge is 2.26. The van der Waals surface area contributed by atoms with Gasteiger partial charge in [0.25, 0.3) is 0 Å². The van der Waals surface area contributed by atoms with Crippen molar-refractivity contribution in [3.63, 3.8) is 0 Å². The lowest BCUT2D eigenvalue weighted by molar-refractivity contribution is 0.0503. The molecule has 2 atom stereocenters. The standard InChI is InChI=1S/C10H14N2O3/c1-6-3-4-8(15-6)9-11-5-7(12-9)10(13)14-2/h5-6,8H,3-4H2,1-2H3,(H,11,12). The fourth-order valence-corrected chi connectivity index (χ4v) is 1.72. The third kappa shape index (κ3) is 2.02. The smallest absolute Gasteiger partial charge is 0.356 e. The maximum atomic E-state index is 11.2. The summed E-state index contributed by atoms with van der Waals surface area (Å²) in [6, 6.07) is 0. The Morgan fingerprint density at radius 3 is 3.07 bits per heavy atom. The van der Waals surface area contributed by atoms with Crippen molar-refractivity contribution >= 4 is 5.97 Å². The predicted octanol–water partition coefficient (Wildman–Crippen LogP) is 1.44. The number of esters is 1. The minimum Gasteiger partial charge on any atom is -0.464 e. The molecule has 1 aromatic heterocycles. The molecule has 15 heavy (non-hydrogen) atoms. The van der Waals surface area contributed by atoms with Gasteiger partial charge in [-0.2, -0.15) is 0 Å². The largest absolute Gasteiger partial charge is 0.464 e. The summed E-state index contributed by atoms with van der Waals surface area (Å²) in [4.78, 5) is 18.2. The van der Waals surface area contributed by atoms with Crippen LogP contribution in [0.15, 0.2) is 6.20 Å². The average molecular weight is 210 g/mol. The summed E-state index contributed by atoms with van der Waals surface area (Å²) >= 11 is 0. The molecule has 1 aromatic rings. The molecule has 5 nitrogen and oxygen atoms in total. The normalized spacial score (nSPS) is 25.5. The van der Waals surface area contributed by atoms with Crippen molar-refractivity contribution < 1.29 is 14.3 Å². The Bertz CT molecular complexity index is 361. The van der Waals surface area contributed by atoms with Crippen LogP contribution in [-0.4, -0.2) is 29.2 Å². The average Bonchev–Trinajstić information content (AvgIpc) is 2.84. The number of ether oxygens (including phenoxy) is 2. The summed E-state index contributed by atoms with van der Waals surface area (Å²) in [6.07, 6.45) is 3.70. The molecule has 1 aliphatic heterocycles. The van der Waals surface area contributed by atoms with Gasteiger partial charge < -0.3 is 14.5 Å². The first kappa shape index (κ1) is 10.2. The van der Waals surface area contributed by atoms with E-state index in [4.69, 9.17) is 4.74 Å². The lowest BCUT2D eigenvalue weighted by Crippen LogP contribution is -2.04. The van der Waals surface area contributed by atoms with Gasteiger partial charge in [0.2, 0.25) is 0 Å². The summed E-state index contributed by atoms with van der Waals surface area (Å²) in [7, 11) is 1.34. The minimum atomic E-state index is -0.403. The van der Waals surface area contributed by atoms with Crippen molar-refractivity contribution in [3.8, 4) is 0 Å². The zero-order valence-electron chi connectivity index (χ0n) is 8.82. The highest BCUT2D eigenvalue weighted by atomic mass is 16.5. The van der Waals surface area contributed by atoms with Crippen molar-refractivity contribution in [2.75, 3.05) is 7.11 Å². The van der Waals surface area contributed by atoms with Gasteiger partial charge >= 0.3 is 5.97 Å². The molecule has 1 fully saturated rings. The molecule has 2 unspecified atom stereocenters. The number of carbonyl (C=O) groups is 1. The molecule has 0 saturated carbocycles. The summed E-state index contributed by atoms with van der Waals surface area (Å²) in [5.74, 6) is 0.305. The van der Waals surface area contributed by atoms with Gasteiger partial charge in [0.15, 0.2) is 0 Å². The fraction of sp³-hybridized carbons (Fsp3) is 0.600. The molecule has 0 spiro atoms. The van der Waals surface area contributed by atoms with E-state index in [0.717, 1.165) is 12.8 Å². The summed E-state index contributed by atoms with van der Waals surface area (Å²) < 4.78 is 10.2. The van der Waals surface area contributed by atoms with Crippen LogP contribution in [0.5, 0.6) is 0 Å². The molecule has 0 aromatic carbocycles. The Balaban J connectivity index is 2.10. The van der Waals surface area contributed by atoms with Gasteiger partial charge in [-0.15, -0.1) is 0 Å². The summed E-state index contributed by atoms with van der Waals surface area (Å²) in [5, 5.41) is 0. The number of aromatic amines is 1. The number of aromatic nitrogens is 2. The van der Waals surface area contributed by atoms with Gasteiger partial charge in [-0.25, -0.2) is 9.78 Å². The van der Waals surface area contributed by atoms with E-state index in [0.29, 0.717) is 11.5 Å². The number of hydrogen-bond acceptors (Lipinski definition) is 4. The summed E-state index contributed by atoms with van der Waals surface area (Å²) in [6.45, 7) is 2.03. The Hall–Kier alpha value is -1.36. The highest BCUT2D eigenvalue weighted by Crippen LogP contribution is 2.30. The lowest BCUT2D eigenvalue weighted by Gasteiger charge is -2.07. The van der Waals surface area contributed by atoms with Crippen LogP contribution >= 0.6 is 0 Å². The van der Waals surface area contributed by atoms with Crippen LogP contribution in [0, 0.1) is 0 Å². The van der Waals surface area contributed by atoms with Crippen LogP contribution in [-0.2, 0) is 9.47 Å². The molecule has 82 valence electrons. The number of hydrogen-bond donors (Lipinski definition) is 1. The molecule has 0 bridgehead atoms. The maximum Gasteiger partial charge on any atom is 0.356 e. The third-order valence-electron chi connectivity index (χ3n) is 2.54. The molecule has 0 aliphatic carbocycles. The Morgan fingerprint density at radius 1 is 1.67 bits per heavy atom. The number of methoxy groups -OCH3 is 1. The number of carbonyl (C=O) groups excluding carboxylic acids is 1. The van der Waals surface area contributed by atoms with Crippen LogP contribution in [0.2, 0.25) is 0 Å². The third-order valence-corrected chi connectivity index (χ3v) is 2.54. The van der Waals surface area contributed by atoms with Crippen molar-refractivity contribution in [2.45, 2.75) is 32.0 Å². The molecule has 1 saturated heterocycles. The number of rotatable bonds is 2. The van der Waals surface area contributed by atoms with E-state index in [9.17, 15) is 4.79 Å². The zero-order chi connectivity index (χ0) is 10.8. The quantitative estimate of drug-likeness (QED) is 0.750. The molecule has 2 heterocycles. The predicted molar refractivity (Wildman–Crippen MR) is 52.4 cm³/mol. The van der Waals surface area contributed by atoms with E-state index >= 15 is 0 Å². The van der Waals surface area contributed by atoms with E-state index < -0.39 is 5.97 Å². The Labute approximate surface area is 87.8 Å². The molecule has 0 amide bonds. The van der Waals surface area contributed by atoms with Crippen LogP contribution in [0.4, 0.5) is 0 Å². The van der Waals surface area contributed by atoms with Crippen LogP contribution in [0.25, 0.3) is 0 Å². The van der Waals surface area contributed by atoms with E-state index in [1.165, 1.54) is 13.3 Å². The fourth-order valence-electron chi connectivity index (χ4n) is 1.72. The first-order valence-electron chi connectivity index (χ1n) is 4.99. The second kappa shape index (κ2) is 4.02. The van der Waals surface area contributed by atoms with E-state index in [-0.39, 0.29) is 12.2 Å². The number of nitrogens with one attached hydrogen (secondary N) is 1. The van der Waals surface area contributed by atoms with Crippen molar-refractivity contribution in [1.82, 2.24) is 9.97 Å². The van der Waals surface area contributed by atoms with E-state index in [1.54, 1.807) is 0 Å². The molecule has 1 N–H and O–H groups in total. The SMILES string of the molecule is COC(=O)c1cnc(C2CCC(C)O2)[nH]1. The van der Waals surface area contributed by atoms with Gasteiger partial charge in [-0.3, -0.25) is 0 Å². The first-order chi connectivity index (χ1) is 7.20. The van der Waals surface area contributed by atoms with Gasteiger partial charge in [0, 0.05) is 0 Å². The van der Waals surface area contributed by atoms with Crippen LogP contribution < -0.4 is 0 Å². The van der Waals surface area contributed by atoms with Gasteiger partial charge in [0.1, 0.15) is 17.6 Å². The number of nitrogens with zero attached hydrogens (tertiary/aromatic N) is 1. The Kier molecular flexibility index (Phi) is 2.73. The van der Waals surface area contributed by atoms with Crippen molar-refractivity contribution in [1.29, 1.82) is 0 Å². The summed E-state index contributed by atoms with van der Waals surface area (Å²) in [5.41, 5.74) is 0.371. The van der Waals surface area contributed by atoms with Gasteiger partial charge in [-0.1, -0.05) is 0 Å². The Morgan fingerprint density at radius 2 is 2.47 bits per heavy atom. The molecular formula is C10H14N2O3. The van der Waals surface area contributed by atoms with E-state index in [1.807, 2.05) is 6.92 Å². The number of imidazole rings is 1. The van der Waals surface area contributed by atoms with Crippen LogP contribution in [0.1, 0.15) is 42.2 Å². The zero-order valence-corrected chi connectivity index (χ0v) is 8.82. The topological polar surface area (TPSA) is 64.2 Å². The van der Waals surface area contributed by atoms with Crippen molar-refractivity contribution in [3.05, 3.63) is 17.7 Å². The minimum absolute atomic E-state index is 0.0154. The van der Waals surface area contributed by atoms with Crippen molar-refractivity contribution in [2.24, 2.45) is 0 Å². The molecule has 5 heteroatoms. The van der Waals surface area contributed by atoms with Gasteiger partial charge in [0.05, 0.1) is 19.4 Å². The maximum absolute atomic E-state index is 11.2. The first-order valence-corrected chi connectivity index (χ1v) is 4.99.